The lowest BCUT2D eigenvalue weighted by Crippen LogP contribution is -2.29. The van der Waals surface area contributed by atoms with Crippen LogP contribution in [-0.4, -0.2) is 29.7 Å². The Bertz CT molecular complexity index is 1210. The topological polar surface area (TPSA) is 65.4 Å². The Labute approximate surface area is 215 Å². The Hall–Kier alpha value is -3.02. The monoisotopic (exact) mass is 491 g/mol. The normalized spacial score (nSPS) is 19.4. The second kappa shape index (κ2) is 10.5. The molecular weight excluding hydrogens is 450 g/mol. The van der Waals surface area contributed by atoms with Crippen LogP contribution in [0.2, 0.25) is 0 Å². The molecule has 1 aliphatic rings. The SMILES string of the molecule is COC(=O)CCc1cc2nc(Nc3ccc(C(C)C)cc3)n(C3C[C@H](C)CC(C)(C)C3)c2cc1OC. The van der Waals surface area contributed by atoms with Crippen LogP contribution < -0.4 is 10.1 Å². The molecule has 1 aromatic heterocycles. The number of nitrogens with zero attached hydrogens (tertiary/aromatic N) is 2. The first kappa shape index (κ1) is 26.1. The first-order valence-corrected chi connectivity index (χ1v) is 13.1. The summed E-state index contributed by atoms with van der Waals surface area (Å²) in [6, 6.07) is 13.1. The summed E-state index contributed by atoms with van der Waals surface area (Å²) in [4.78, 5) is 16.9. The Morgan fingerprint density at radius 3 is 2.50 bits per heavy atom. The average Bonchev–Trinajstić information content (AvgIpc) is 3.17. The summed E-state index contributed by atoms with van der Waals surface area (Å²) >= 11 is 0. The number of anilines is 2. The van der Waals surface area contributed by atoms with Gasteiger partial charge in [0.05, 0.1) is 25.3 Å². The first-order valence-electron chi connectivity index (χ1n) is 13.1. The first-order chi connectivity index (χ1) is 17.1. The van der Waals surface area contributed by atoms with Crippen molar-refractivity contribution in [3.05, 3.63) is 47.5 Å². The van der Waals surface area contributed by atoms with Gasteiger partial charge in [0, 0.05) is 24.2 Å². The standard InChI is InChI=1S/C30H41N3O3/c1-19(2)21-8-11-23(12-9-21)31-29-32-25-15-22(10-13-28(34)36-7)27(35-6)16-26(25)33(29)24-14-20(3)17-30(4,5)18-24/h8-9,11-12,15-16,19-20,24H,10,13-14,17-18H2,1-7H3,(H,31,32)/t20-,24?/m0/s1. The van der Waals surface area contributed by atoms with Gasteiger partial charge in [-0.3, -0.25) is 4.79 Å². The van der Waals surface area contributed by atoms with Crippen LogP contribution in [-0.2, 0) is 16.0 Å². The number of aryl methyl sites for hydroxylation is 1. The van der Waals surface area contributed by atoms with E-state index in [4.69, 9.17) is 14.5 Å². The van der Waals surface area contributed by atoms with Gasteiger partial charge in [0.15, 0.2) is 0 Å². The van der Waals surface area contributed by atoms with Gasteiger partial charge < -0.3 is 19.4 Å². The molecule has 2 atom stereocenters. The number of rotatable bonds is 8. The van der Waals surface area contributed by atoms with E-state index in [9.17, 15) is 4.79 Å². The van der Waals surface area contributed by atoms with Crippen molar-refractivity contribution in [2.24, 2.45) is 11.3 Å². The van der Waals surface area contributed by atoms with Crippen LogP contribution in [0, 0.1) is 11.3 Å². The Balaban J connectivity index is 1.79. The molecule has 194 valence electrons. The summed E-state index contributed by atoms with van der Waals surface area (Å²) in [6.07, 6.45) is 4.29. The molecule has 6 nitrogen and oxygen atoms in total. The predicted molar refractivity (Wildman–Crippen MR) is 146 cm³/mol. The molecule has 0 amide bonds. The van der Waals surface area contributed by atoms with Crippen LogP contribution in [0.5, 0.6) is 5.75 Å². The number of carbonyl (C=O) groups is 1. The molecule has 4 rings (SSSR count). The Morgan fingerprint density at radius 1 is 1.17 bits per heavy atom. The molecule has 1 saturated carbocycles. The Kier molecular flexibility index (Phi) is 7.62. The van der Waals surface area contributed by atoms with Crippen LogP contribution in [0.1, 0.15) is 83.4 Å². The maximum atomic E-state index is 11.8. The molecule has 0 bridgehead atoms. The number of aromatic nitrogens is 2. The molecular formula is C30H41N3O3. The van der Waals surface area contributed by atoms with Gasteiger partial charge in [0.1, 0.15) is 5.75 Å². The molecule has 0 spiro atoms. The van der Waals surface area contributed by atoms with E-state index in [1.165, 1.54) is 19.1 Å². The van der Waals surface area contributed by atoms with Crippen molar-refractivity contribution >= 4 is 28.6 Å². The lowest BCUT2D eigenvalue weighted by atomic mass is 9.70. The van der Waals surface area contributed by atoms with E-state index in [1.54, 1.807) is 7.11 Å². The highest BCUT2D eigenvalue weighted by atomic mass is 16.5. The summed E-state index contributed by atoms with van der Waals surface area (Å²) < 4.78 is 13.0. The van der Waals surface area contributed by atoms with Crippen LogP contribution in [0.25, 0.3) is 11.0 Å². The molecule has 0 radical (unpaired) electrons. The summed E-state index contributed by atoms with van der Waals surface area (Å²) in [5.41, 5.74) is 5.54. The summed E-state index contributed by atoms with van der Waals surface area (Å²) in [5, 5.41) is 3.62. The van der Waals surface area contributed by atoms with Crippen LogP contribution >= 0.6 is 0 Å². The minimum Gasteiger partial charge on any atom is -0.496 e. The van der Waals surface area contributed by atoms with Gasteiger partial charge in [-0.05, 0) is 72.3 Å². The molecule has 2 aromatic carbocycles. The summed E-state index contributed by atoms with van der Waals surface area (Å²) in [7, 11) is 3.10. The number of hydrogen-bond donors (Lipinski definition) is 1. The van der Waals surface area contributed by atoms with Gasteiger partial charge >= 0.3 is 5.97 Å². The van der Waals surface area contributed by atoms with E-state index in [0.717, 1.165) is 46.8 Å². The van der Waals surface area contributed by atoms with Gasteiger partial charge in [0.25, 0.3) is 0 Å². The van der Waals surface area contributed by atoms with E-state index in [0.29, 0.717) is 30.7 Å². The molecule has 1 heterocycles. The fraction of sp³-hybridized carbons (Fsp3) is 0.533. The quantitative estimate of drug-likeness (QED) is 0.332. The number of ether oxygens (including phenoxy) is 2. The number of hydrogen-bond acceptors (Lipinski definition) is 5. The lowest BCUT2D eigenvalue weighted by Gasteiger charge is -2.40. The number of imidazole rings is 1. The smallest absolute Gasteiger partial charge is 0.305 e. The molecule has 1 unspecified atom stereocenters. The van der Waals surface area contributed by atoms with Crippen molar-refractivity contribution in [2.75, 3.05) is 19.5 Å². The number of fused-ring (bicyclic) bond motifs is 1. The van der Waals surface area contributed by atoms with E-state index in [2.05, 4.69) is 80.9 Å². The number of esters is 1. The van der Waals surface area contributed by atoms with Crippen LogP contribution in [0.4, 0.5) is 11.6 Å². The van der Waals surface area contributed by atoms with Crippen molar-refractivity contribution in [2.45, 2.75) is 78.7 Å². The molecule has 1 fully saturated rings. The predicted octanol–water partition coefficient (Wildman–Crippen LogP) is 7.40. The average molecular weight is 492 g/mol. The molecule has 1 aliphatic carbocycles. The fourth-order valence-electron chi connectivity index (χ4n) is 5.92. The second-order valence-electron chi connectivity index (χ2n) is 11.5. The van der Waals surface area contributed by atoms with Gasteiger partial charge in [-0.15, -0.1) is 0 Å². The second-order valence-corrected chi connectivity index (χ2v) is 11.5. The zero-order chi connectivity index (χ0) is 26.0. The van der Waals surface area contributed by atoms with Crippen molar-refractivity contribution in [1.29, 1.82) is 0 Å². The van der Waals surface area contributed by atoms with Crippen molar-refractivity contribution in [1.82, 2.24) is 9.55 Å². The molecule has 0 saturated heterocycles. The molecule has 1 N–H and O–H groups in total. The van der Waals surface area contributed by atoms with E-state index in [1.807, 2.05) is 0 Å². The maximum Gasteiger partial charge on any atom is 0.305 e. The number of nitrogens with one attached hydrogen (secondary N) is 1. The molecule has 6 heteroatoms. The maximum absolute atomic E-state index is 11.8. The van der Waals surface area contributed by atoms with Crippen LogP contribution in [0.15, 0.2) is 36.4 Å². The third-order valence-corrected chi connectivity index (χ3v) is 7.48. The minimum atomic E-state index is -0.228. The third-order valence-electron chi connectivity index (χ3n) is 7.48. The van der Waals surface area contributed by atoms with E-state index >= 15 is 0 Å². The summed E-state index contributed by atoms with van der Waals surface area (Å²) in [6.45, 7) is 11.5. The van der Waals surface area contributed by atoms with Gasteiger partial charge in [-0.1, -0.05) is 46.8 Å². The van der Waals surface area contributed by atoms with E-state index < -0.39 is 0 Å². The van der Waals surface area contributed by atoms with E-state index in [-0.39, 0.29) is 11.4 Å². The van der Waals surface area contributed by atoms with Gasteiger partial charge in [-0.25, -0.2) is 4.98 Å². The number of benzene rings is 2. The molecule has 36 heavy (non-hydrogen) atoms. The molecule has 0 aliphatic heterocycles. The Morgan fingerprint density at radius 2 is 1.89 bits per heavy atom. The van der Waals surface area contributed by atoms with Gasteiger partial charge in [-0.2, -0.15) is 0 Å². The highest BCUT2D eigenvalue weighted by Crippen LogP contribution is 2.46. The van der Waals surface area contributed by atoms with Crippen molar-refractivity contribution in [3.63, 3.8) is 0 Å². The van der Waals surface area contributed by atoms with Crippen molar-refractivity contribution in [3.8, 4) is 5.75 Å². The largest absolute Gasteiger partial charge is 0.496 e. The summed E-state index contributed by atoms with van der Waals surface area (Å²) in [5.74, 6) is 2.53. The highest BCUT2D eigenvalue weighted by Gasteiger charge is 2.35. The third kappa shape index (κ3) is 5.69. The van der Waals surface area contributed by atoms with Crippen molar-refractivity contribution < 1.29 is 14.3 Å². The lowest BCUT2D eigenvalue weighted by molar-refractivity contribution is -0.140. The minimum absolute atomic E-state index is 0.228. The molecule has 3 aromatic rings. The highest BCUT2D eigenvalue weighted by molar-refractivity contribution is 5.83. The van der Waals surface area contributed by atoms with Gasteiger partial charge in [0.2, 0.25) is 5.95 Å². The zero-order valence-electron chi connectivity index (χ0n) is 22.9. The zero-order valence-corrected chi connectivity index (χ0v) is 22.9. The number of methoxy groups -OCH3 is 2. The fourth-order valence-corrected chi connectivity index (χ4v) is 5.92. The number of carbonyl (C=O) groups excluding carboxylic acids is 1. The van der Waals surface area contributed by atoms with Crippen LogP contribution in [0.3, 0.4) is 0 Å².